The van der Waals surface area contributed by atoms with Crippen LogP contribution in [0.2, 0.25) is 0 Å². The molecule has 0 spiro atoms. The highest BCUT2D eigenvalue weighted by atomic mass is 19.4. The summed E-state index contributed by atoms with van der Waals surface area (Å²) in [6, 6.07) is 9.52. The number of amides is 1. The Labute approximate surface area is 253 Å². The predicted octanol–water partition coefficient (Wildman–Crippen LogP) is 5.49. The molecular formula is C32H36F5N5O2. The molecule has 44 heavy (non-hydrogen) atoms. The van der Waals surface area contributed by atoms with E-state index in [-0.39, 0.29) is 42.8 Å². The summed E-state index contributed by atoms with van der Waals surface area (Å²) in [5.74, 6) is -1.13. The van der Waals surface area contributed by atoms with Gasteiger partial charge in [0.2, 0.25) is 5.95 Å². The van der Waals surface area contributed by atoms with Gasteiger partial charge in [-0.2, -0.15) is 17.6 Å². The third-order valence-corrected chi connectivity index (χ3v) is 9.35. The highest BCUT2D eigenvalue weighted by molar-refractivity contribution is 6.10. The summed E-state index contributed by atoms with van der Waals surface area (Å²) >= 11 is 0. The van der Waals surface area contributed by atoms with Gasteiger partial charge in [-0.3, -0.25) is 9.69 Å². The Morgan fingerprint density at radius 1 is 1.11 bits per heavy atom. The second kappa shape index (κ2) is 11.2. The molecule has 1 amide bonds. The molecule has 236 valence electrons. The Morgan fingerprint density at radius 3 is 2.48 bits per heavy atom. The van der Waals surface area contributed by atoms with Gasteiger partial charge in [0.25, 0.3) is 5.91 Å². The minimum Gasteiger partial charge on any atom is -0.379 e. The zero-order valence-electron chi connectivity index (χ0n) is 25.2. The van der Waals surface area contributed by atoms with Gasteiger partial charge in [-0.05, 0) is 53.9 Å². The van der Waals surface area contributed by atoms with Crippen LogP contribution in [0.3, 0.4) is 0 Å². The monoisotopic (exact) mass is 617 g/mol. The highest BCUT2D eigenvalue weighted by Crippen LogP contribution is 2.47. The van der Waals surface area contributed by atoms with Crippen molar-refractivity contribution in [2.75, 3.05) is 44.8 Å². The third kappa shape index (κ3) is 5.30. The summed E-state index contributed by atoms with van der Waals surface area (Å²) in [7, 11) is 3.54. The second-order valence-electron chi connectivity index (χ2n) is 12.7. The molecule has 0 radical (unpaired) electrons. The number of piperazine rings is 1. The Morgan fingerprint density at radius 2 is 1.86 bits per heavy atom. The molecule has 0 N–H and O–H groups in total. The Kier molecular flexibility index (Phi) is 7.82. The first-order chi connectivity index (χ1) is 20.8. The van der Waals surface area contributed by atoms with Crippen LogP contribution in [-0.4, -0.2) is 71.2 Å². The van der Waals surface area contributed by atoms with Gasteiger partial charge in [0.1, 0.15) is 5.82 Å². The van der Waals surface area contributed by atoms with Crippen LogP contribution in [0.5, 0.6) is 0 Å². The molecule has 3 aliphatic heterocycles. The summed E-state index contributed by atoms with van der Waals surface area (Å²) in [6.07, 6.45) is -5.27. The maximum absolute atomic E-state index is 16.0. The molecule has 12 heteroatoms. The first-order valence-corrected chi connectivity index (χ1v) is 14.8. The topological polar surface area (TPSA) is 53.8 Å². The summed E-state index contributed by atoms with van der Waals surface area (Å²) < 4.78 is 79.7. The smallest absolute Gasteiger partial charge is 0.379 e. The number of benzene rings is 2. The number of aromatic nitrogens is 2. The molecule has 2 fully saturated rings. The van der Waals surface area contributed by atoms with Crippen LogP contribution in [-0.2, 0) is 36.5 Å². The third-order valence-electron chi connectivity index (χ3n) is 9.35. The van der Waals surface area contributed by atoms with E-state index in [9.17, 15) is 22.4 Å². The van der Waals surface area contributed by atoms with Gasteiger partial charge in [0.05, 0.1) is 36.9 Å². The molecule has 3 aliphatic rings. The van der Waals surface area contributed by atoms with Crippen molar-refractivity contribution in [3.05, 3.63) is 82.2 Å². The average molecular weight is 618 g/mol. The van der Waals surface area contributed by atoms with Crippen LogP contribution >= 0.6 is 0 Å². The molecule has 2 aromatic carbocycles. The van der Waals surface area contributed by atoms with Gasteiger partial charge in [-0.15, -0.1) is 0 Å². The molecule has 0 bridgehead atoms. The Bertz CT molecular complexity index is 1570. The molecule has 6 rings (SSSR count). The first-order valence-electron chi connectivity index (χ1n) is 14.8. The van der Waals surface area contributed by atoms with E-state index >= 15 is 4.39 Å². The van der Waals surface area contributed by atoms with E-state index in [2.05, 4.69) is 28.6 Å². The molecule has 0 aliphatic carbocycles. The molecule has 0 saturated carbocycles. The average Bonchev–Trinajstić information content (AvgIpc) is 3.45. The van der Waals surface area contributed by atoms with Gasteiger partial charge >= 0.3 is 6.18 Å². The van der Waals surface area contributed by atoms with Crippen LogP contribution in [0.1, 0.15) is 58.5 Å². The van der Waals surface area contributed by atoms with Gasteiger partial charge < -0.3 is 19.1 Å². The van der Waals surface area contributed by atoms with Crippen LogP contribution in [0.15, 0.2) is 42.6 Å². The van der Waals surface area contributed by atoms with Crippen molar-refractivity contribution >= 4 is 11.6 Å². The number of nitrogens with zero attached hydrogens (tertiary/aromatic N) is 5. The van der Waals surface area contributed by atoms with E-state index in [1.807, 2.05) is 7.05 Å². The largest absolute Gasteiger partial charge is 0.416 e. The van der Waals surface area contributed by atoms with Gasteiger partial charge in [-0.25, -0.2) is 9.37 Å². The second-order valence-corrected chi connectivity index (χ2v) is 12.7. The van der Waals surface area contributed by atoms with Gasteiger partial charge in [0.15, 0.2) is 6.17 Å². The fraction of sp³-hybridized carbons (Fsp3) is 0.500. The molecular weight excluding hydrogens is 581 g/mol. The standard InChI is InChI=1S/C32H36F5N5O2/c1-19(2)26-15-39(3)8-9-41(26)13-20-10-23-24(25(11-20)32(35,36)37)14-42(30(23)43)22-7-5-6-21(12-22)31(17-44-18-31)28(34)29-38-27(33)16-40(29)4/h5-7,10-12,16,19,26,28H,8-9,13-15,17-18H2,1-4H3/t26-,28?/m1/s1. The summed E-state index contributed by atoms with van der Waals surface area (Å²) in [4.78, 5) is 23.2. The van der Waals surface area contributed by atoms with Gasteiger partial charge in [-0.1, -0.05) is 26.0 Å². The molecule has 3 aromatic rings. The number of alkyl halides is 4. The normalized spacial score (nSPS) is 21.5. The van der Waals surface area contributed by atoms with Crippen molar-refractivity contribution < 1.29 is 31.5 Å². The molecule has 1 aromatic heterocycles. The van der Waals surface area contributed by atoms with Crippen molar-refractivity contribution in [3.63, 3.8) is 0 Å². The SMILES string of the molecule is CC(C)[C@H]1CN(C)CCN1Cc1cc2c(c(C(F)(F)F)c1)CN(c1cccc(C3(C(F)c4nc(F)cn4C)COC3)c1)C2=O. The van der Waals surface area contributed by atoms with Crippen LogP contribution < -0.4 is 4.90 Å². The van der Waals surface area contributed by atoms with Crippen molar-refractivity contribution in [2.45, 2.75) is 50.7 Å². The number of aryl methyl sites for hydroxylation is 1. The number of halogens is 5. The Balaban J connectivity index is 1.32. The number of likely N-dealkylation sites (N-methyl/N-ethyl adjacent to an activating group) is 1. The van der Waals surface area contributed by atoms with E-state index in [1.165, 1.54) is 22.6 Å². The van der Waals surface area contributed by atoms with Crippen molar-refractivity contribution in [2.24, 2.45) is 13.0 Å². The van der Waals surface area contributed by atoms with E-state index in [0.29, 0.717) is 29.3 Å². The fourth-order valence-corrected chi connectivity index (χ4v) is 6.77. The van der Waals surface area contributed by atoms with Crippen molar-refractivity contribution in [1.82, 2.24) is 19.4 Å². The van der Waals surface area contributed by atoms with Crippen molar-refractivity contribution in [3.8, 4) is 0 Å². The van der Waals surface area contributed by atoms with Crippen molar-refractivity contribution in [1.29, 1.82) is 0 Å². The maximum atomic E-state index is 16.0. The Hall–Kier alpha value is -3.35. The van der Waals surface area contributed by atoms with Gasteiger partial charge in [0, 0.05) is 50.5 Å². The lowest BCUT2D eigenvalue weighted by molar-refractivity contribution is -0.138. The summed E-state index contributed by atoms with van der Waals surface area (Å²) in [5, 5.41) is 0. The number of ether oxygens (including phenoxy) is 1. The van der Waals surface area contributed by atoms with E-state index < -0.39 is 35.2 Å². The highest BCUT2D eigenvalue weighted by Gasteiger charge is 2.51. The first kappa shape index (κ1) is 30.7. The number of hydrogen-bond acceptors (Lipinski definition) is 5. The number of carbonyl (C=O) groups is 1. The fourth-order valence-electron chi connectivity index (χ4n) is 6.77. The zero-order valence-corrected chi connectivity index (χ0v) is 25.2. The quantitative estimate of drug-likeness (QED) is 0.329. The van der Waals surface area contributed by atoms with Crippen LogP contribution in [0.25, 0.3) is 0 Å². The number of anilines is 1. The van der Waals surface area contributed by atoms with E-state index in [4.69, 9.17) is 4.74 Å². The molecule has 7 nitrogen and oxygen atoms in total. The summed E-state index contributed by atoms with van der Waals surface area (Å²) in [6.45, 7) is 6.62. The number of fused-ring (bicyclic) bond motifs is 1. The molecule has 2 saturated heterocycles. The minimum absolute atomic E-state index is 0.00547. The maximum Gasteiger partial charge on any atom is 0.416 e. The number of hydrogen-bond donors (Lipinski definition) is 0. The molecule has 2 atom stereocenters. The predicted molar refractivity (Wildman–Crippen MR) is 154 cm³/mol. The van der Waals surface area contributed by atoms with Crippen LogP contribution in [0, 0.1) is 11.9 Å². The lowest BCUT2D eigenvalue weighted by Crippen LogP contribution is -2.53. The number of imidazole rings is 1. The van der Waals surface area contributed by atoms with Crippen LogP contribution in [0.4, 0.5) is 27.6 Å². The number of carbonyl (C=O) groups excluding carboxylic acids is 1. The van der Waals surface area contributed by atoms with E-state index in [1.54, 1.807) is 30.3 Å². The lowest BCUT2D eigenvalue weighted by atomic mass is 9.74. The summed E-state index contributed by atoms with van der Waals surface area (Å²) in [5.41, 5.74) is -0.737. The zero-order chi connectivity index (χ0) is 31.6. The molecule has 4 heterocycles. The molecule has 1 unspecified atom stereocenters. The number of rotatable bonds is 7. The van der Waals surface area contributed by atoms with E-state index in [0.717, 1.165) is 25.8 Å². The minimum atomic E-state index is -4.65. The lowest BCUT2D eigenvalue weighted by Gasteiger charge is -2.44.